The second-order valence-electron chi connectivity index (χ2n) is 6.15. The highest BCUT2D eigenvalue weighted by Crippen LogP contribution is 2.31. The molecule has 0 aliphatic carbocycles. The number of para-hydroxylation sites is 2. The Balaban J connectivity index is 1.64. The van der Waals surface area contributed by atoms with Gasteiger partial charge >= 0.3 is 6.18 Å². The largest absolute Gasteiger partial charge is 0.486 e. The van der Waals surface area contributed by atoms with Crippen LogP contribution in [0.5, 0.6) is 11.5 Å². The van der Waals surface area contributed by atoms with Crippen LogP contribution in [-0.2, 0) is 17.5 Å². The van der Waals surface area contributed by atoms with E-state index in [2.05, 4.69) is 0 Å². The molecule has 1 aliphatic rings. The van der Waals surface area contributed by atoms with Gasteiger partial charge in [0, 0.05) is 19.3 Å². The Morgan fingerprint density at radius 1 is 1.22 bits per heavy atom. The maximum absolute atomic E-state index is 12.8. The van der Waals surface area contributed by atoms with E-state index in [1.54, 1.807) is 18.2 Å². The van der Waals surface area contributed by atoms with E-state index in [0.29, 0.717) is 23.8 Å². The number of carbonyl (C=O) groups excluding carboxylic acids is 1. The molecule has 0 bridgehead atoms. The molecule has 0 fully saturated rings. The first-order chi connectivity index (χ1) is 12.7. The summed E-state index contributed by atoms with van der Waals surface area (Å²) in [5, 5.41) is 0. The molecule has 1 atom stereocenters. The van der Waals surface area contributed by atoms with E-state index >= 15 is 0 Å². The van der Waals surface area contributed by atoms with Crippen molar-refractivity contribution in [2.45, 2.75) is 18.8 Å². The molecule has 0 spiro atoms. The summed E-state index contributed by atoms with van der Waals surface area (Å²) in [7, 11) is 1.49. The van der Waals surface area contributed by atoms with Crippen molar-refractivity contribution in [2.24, 2.45) is 0 Å². The second kappa shape index (κ2) is 7.34. The number of fused-ring (bicyclic) bond motifs is 1. The van der Waals surface area contributed by atoms with Crippen molar-refractivity contribution in [1.29, 1.82) is 0 Å². The number of carbonyl (C=O) groups is 1. The summed E-state index contributed by atoms with van der Waals surface area (Å²) < 4.78 is 50.4. The van der Waals surface area contributed by atoms with Crippen LogP contribution < -0.4 is 15.0 Å². The van der Waals surface area contributed by atoms with Crippen molar-refractivity contribution in [2.75, 3.05) is 20.2 Å². The molecule has 0 saturated carbocycles. The number of rotatable bonds is 4. The third-order valence-corrected chi connectivity index (χ3v) is 4.09. The first-order valence-corrected chi connectivity index (χ1v) is 8.14. The van der Waals surface area contributed by atoms with E-state index in [1.165, 1.54) is 11.9 Å². The molecule has 1 amide bonds. The number of halogens is 3. The molecule has 0 unspecified atom stereocenters. The molecular weight excluding hydrogens is 365 g/mol. The Morgan fingerprint density at radius 3 is 2.63 bits per heavy atom. The SMILES string of the molecule is CN(C[C@@H]1COc2ccccc2O1)C(=O)Cn1cc(C(F)(F)F)ccc1=O. The number of alkyl halides is 3. The number of ether oxygens (including phenoxy) is 2. The van der Waals surface area contributed by atoms with Crippen LogP contribution in [0.2, 0.25) is 0 Å². The zero-order valence-corrected chi connectivity index (χ0v) is 14.4. The fraction of sp³-hybridized carbons (Fsp3) is 0.333. The van der Waals surface area contributed by atoms with Crippen molar-refractivity contribution in [1.82, 2.24) is 9.47 Å². The predicted molar refractivity (Wildman–Crippen MR) is 89.7 cm³/mol. The smallest absolute Gasteiger partial charge is 0.417 e. The average molecular weight is 382 g/mol. The Kier molecular flexibility index (Phi) is 5.11. The van der Waals surface area contributed by atoms with Gasteiger partial charge in [-0.3, -0.25) is 9.59 Å². The molecule has 0 N–H and O–H groups in total. The molecule has 2 aromatic rings. The van der Waals surface area contributed by atoms with Gasteiger partial charge in [-0.05, 0) is 18.2 Å². The van der Waals surface area contributed by atoms with Gasteiger partial charge in [0.05, 0.1) is 12.1 Å². The van der Waals surface area contributed by atoms with E-state index in [0.717, 1.165) is 10.6 Å². The van der Waals surface area contributed by atoms with Gasteiger partial charge < -0.3 is 18.9 Å². The normalized spacial score (nSPS) is 16.1. The van der Waals surface area contributed by atoms with Crippen molar-refractivity contribution in [3.05, 3.63) is 58.5 Å². The lowest BCUT2D eigenvalue weighted by molar-refractivity contribution is -0.138. The minimum atomic E-state index is -4.59. The van der Waals surface area contributed by atoms with E-state index < -0.39 is 35.9 Å². The van der Waals surface area contributed by atoms with E-state index in [4.69, 9.17) is 9.47 Å². The Labute approximate surface area is 152 Å². The summed E-state index contributed by atoms with van der Waals surface area (Å²) >= 11 is 0. The maximum Gasteiger partial charge on any atom is 0.417 e. The highest BCUT2D eigenvalue weighted by atomic mass is 19.4. The van der Waals surface area contributed by atoms with Gasteiger partial charge in [0.1, 0.15) is 13.2 Å². The summed E-state index contributed by atoms with van der Waals surface area (Å²) in [6, 6.07) is 8.60. The van der Waals surface area contributed by atoms with Gasteiger partial charge in [-0.15, -0.1) is 0 Å². The molecular formula is C18H17F3N2O4. The summed E-state index contributed by atoms with van der Waals surface area (Å²) in [6.45, 7) is -0.0948. The van der Waals surface area contributed by atoms with E-state index in [1.807, 2.05) is 6.07 Å². The third kappa shape index (κ3) is 4.42. The van der Waals surface area contributed by atoms with Crippen molar-refractivity contribution < 1.29 is 27.4 Å². The van der Waals surface area contributed by atoms with Crippen LogP contribution in [0.3, 0.4) is 0 Å². The summed E-state index contributed by atoms with van der Waals surface area (Å²) in [5.74, 6) is 0.654. The van der Waals surface area contributed by atoms with Crippen LogP contribution in [0.1, 0.15) is 5.56 Å². The molecule has 1 aliphatic heterocycles. The number of hydrogen-bond acceptors (Lipinski definition) is 4. The zero-order valence-electron chi connectivity index (χ0n) is 14.4. The molecule has 3 rings (SSSR count). The fourth-order valence-electron chi connectivity index (χ4n) is 2.65. The van der Waals surface area contributed by atoms with Crippen molar-refractivity contribution >= 4 is 5.91 Å². The van der Waals surface area contributed by atoms with Crippen LogP contribution in [0.25, 0.3) is 0 Å². The number of hydrogen-bond donors (Lipinski definition) is 0. The van der Waals surface area contributed by atoms with E-state index in [9.17, 15) is 22.8 Å². The Morgan fingerprint density at radius 2 is 1.93 bits per heavy atom. The topological polar surface area (TPSA) is 60.8 Å². The number of aromatic nitrogens is 1. The molecule has 144 valence electrons. The molecule has 9 heteroatoms. The summed E-state index contributed by atoms with van der Waals surface area (Å²) in [5.41, 5.74) is -1.67. The van der Waals surface area contributed by atoms with Crippen LogP contribution >= 0.6 is 0 Å². The third-order valence-electron chi connectivity index (χ3n) is 4.09. The van der Waals surface area contributed by atoms with Crippen LogP contribution in [0.15, 0.2) is 47.4 Å². The average Bonchev–Trinajstić information content (AvgIpc) is 2.62. The van der Waals surface area contributed by atoms with Gasteiger partial charge in [0.2, 0.25) is 5.91 Å². The minimum Gasteiger partial charge on any atom is -0.486 e. The monoisotopic (exact) mass is 382 g/mol. The van der Waals surface area contributed by atoms with Crippen LogP contribution in [-0.4, -0.2) is 41.7 Å². The number of amides is 1. The summed E-state index contributed by atoms with van der Waals surface area (Å²) in [4.78, 5) is 25.4. The Bertz CT molecular complexity index is 895. The van der Waals surface area contributed by atoms with Crippen molar-refractivity contribution in [3.63, 3.8) is 0 Å². The molecule has 0 saturated heterocycles. The number of pyridine rings is 1. The lowest BCUT2D eigenvalue weighted by Crippen LogP contribution is -2.43. The Hall–Kier alpha value is -2.97. The first kappa shape index (κ1) is 18.8. The molecule has 2 heterocycles. The highest BCUT2D eigenvalue weighted by Gasteiger charge is 2.31. The van der Waals surface area contributed by atoms with Crippen LogP contribution in [0, 0.1) is 0 Å². The van der Waals surface area contributed by atoms with Crippen LogP contribution in [0.4, 0.5) is 13.2 Å². The zero-order chi connectivity index (χ0) is 19.6. The molecule has 27 heavy (non-hydrogen) atoms. The van der Waals surface area contributed by atoms with Gasteiger partial charge in [-0.1, -0.05) is 12.1 Å². The fourth-order valence-corrected chi connectivity index (χ4v) is 2.65. The van der Waals surface area contributed by atoms with E-state index in [-0.39, 0.29) is 13.2 Å². The number of benzene rings is 1. The van der Waals surface area contributed by atoms with Gasteiger partial charge in [-0.2, -0.15) is 13.2 Å². The minimum absolute atomic E-state index is 0.168. The lowest BCUT2D eigenvalue weighted by Gasteiger charge is -2.29. The van der Waals surface area contributed by atoms with Crippen molar-refractivity contribution in [3.8, 4) is 11.5 Å². The number of likely N-dealkylation sites (N-methyl/N-ethyl adjacent to an activating group) is 1. The molecule has 0 radical (unpaired) electrons. The van der Waals surface area contributed by atoms with Gasteiger partial charge in [0.15, 0.2) is 17.6 Å². The predicted octanol–water partition coefficient (Wildman–Crippen LogP) is 2.17. The number of nitrogens with zero attached hydrogens (tertiary/aromatic N) is 2. The molecule has 1 aromatic carbocycles. The lowest BCUT2D eigenvalue weighted by atomic mass is 10.2. The highest BCUT2D eigenvalue weighted by molar-refractivity contribution is 5.75. The maximum atomic E-state index is 12.8. The quantitative estimate of drug-likeness (QED) is 0.813. The summed E-state index contributed by atoms with van der Waals surface area (Å²) in [6.07, 6.45) is -4.37. The first-order valence-electron chi connectivity index (χ1n) is 8.14. The standard InChI is InChI=1S/C18H17F3N2O4/c1-22(9-13-11-26-14-4-2-3-5-15(14)27-13)17(25)10-23-8-12(18(19,20)21)6-7-16(23)24/h2-8,13H,9-11H2,1H3/t13-/m1/s1. The van der Waals surface area contributed by atoms with Gasteiger partial charge in [0.25, 0.3) is 5.56 Å². The van der Waals surface area contributed by atoms with Gasteiger partial charge in [-0.25, -0.2) is 0 Å². The second-order valence-corrected chi connectivity index (χ2v) is 6.15. The molecule has 6 nitrogen and oxygen atoms in total. The molecule has 1 aromatic heterocycles.